The van der Waals surface area contributed by atoms with Crippen LogP contribution in [-0.2, 0) is 11.3 Å². The molecular weight excluding hydrogens is 201 g/mol. The molecule has 1 rings (SSSR count). The van der Waals surface area contributed by atoms with Gasteiger partial charge in [-0.3, -0.25) is 0 Å². The highest BCUT2D eigenvalue weighted by Gasteiger charge is 2.16. The number of nitriles is 1. The minimum atomic E-state index is -0.782. The molecule has 0 atom stereocenters. The van der Waals surface area contributed by atoms with Gasteiger partial charge in [0.2, 0.25) is 0 Å². The number of methoxy groups -OCH3 is 1. The van der Waals surface area contributed by atoms with E-state index >= 15 is 0 Å². The van der Waals surface area contributed by atoms with Gasteiger partial charge in [-0.15, -0.1) is 0 Å². The van der Waals surface area contributed by atoms with Crippen molar-refractivity contribution in [3.63, 3.8) is 0 Å². The van der Waals surface area contributed by atoms with Crippen molar-refractivity contribution in [2.45, 2.75) is 6.61 Å². The number of aliphatic hydroxyl groups excluding tert-OH is 1. The number of rotatable bonds is 2. The third kappa shape index (κ3) is 2.11. The number of ether oxygens (including phenoxy) is 1. The monoisotopic (exact) mass is 209 g/mol. The Morgan fingerprint density at radius 3 is 2.80 bits per heavy atom. The zero-order valence-electron chi connectivity index (χ0n) is 7.95. The zero-order chi connectivity index (χ0) is 11.4. The molecule has 0 aliphatic rings. The first kappa shape index (κ1) is 11.1. The molecule has 0 saturated heterocycles. The average molecular weight is 209 g/mol. The quantitative estimate of drug-likeness (QED) is 0.737. The molecule has 0 fully saturated rings. The molecular formula is C10H8FNO3. The highest BCUT2D eigenvalue weighted by molar-refractivity contribution is 5.91. The van der Waals surface area contributed by atoms with E-state index < -0.39 is 18.4 Å². The first-order valence-electron chi connectivity index (χ1n) is 4.05. The van der Waals surface area contributed by atoms with E-state index in [4.69, 9.17) is 10.4 Å². The van der Waals surface area contributed by atoms with E-state index in [0.29, 0.717) is 0 Å². The predicted octanol–water partition coefficient (Wildman–Crippen LogP) is 0.976. The summed E-state index contributed by atoms with van der Waals surface area (Å²) in [4.78, 5) is 11.2. The molecule has 15 heavy (non-hydrogen) atoms. The van der Waals surface area contributed by atoms with Crippen LogP contribution in [0, 0.1) is 17.1 Å². The molecule has 0 aliphatic heterocycles. The molecule has 1 aromatic rings. The average Bonchev–Trinajstić information content (AvgIpc) is 2.26. The topological polar surface area (TPSA) is 70.3 Å². The largest absolute Gasteiger partial charge is 0.465 e. The maximum atomic E-state index is 13.0. The lowest BCUT2D eigenvalue weighted by Crippen LogP contribution is -2.08. The Labute approximate surface area is 85.5 Å². The smallest absolute Gasteiger partial charge is 0.338 e. The summed E-state index contributed by atoms with van der Waals surface area (Å²) in [5, 5.41) is 17.7. The molecule has 0 heterocycles. The minimum Gasteiger partial charge on any atom is -0.465 e. The van der Waals surface area contributed by atoms with Gasteiger partial charge in [0.25, 0.3) is 0 Å². The fourth-order valence-electron chi connectivity index (χ4n) is 1.20. The third-order valence-electron chi connectivity index (χ3n) is 1.90. The van der Waals surface area contributed by atoms with Gasteiger partial charge < -0.3 is 9.84 Å². The molecule has 5 heteroatoms. The van der Waals surface area contributed by atoms with Crippen LogP contribution in [0.2, 0.25) is 0 Å². The summed E-state index contributed by atoms with van der Waals surface area (Å²) in [6.45, 7) is -0.520. The summed E-state index contributed by atoms with van der Waals surface area (Å²) < 4.78 is 17.4. The van der Waals surface area contributed by atoms with E-state index in [1.807, 2.05) is 0 Å². The molecule has 4 nitrogen and oxygen atoms in total. The molecule has 0 aliphatic carbocycles. The van der Waals surface area contributed by atoms with Gasteiger partial charge in [0, 0.05) is 5.56 Å². The summed E-state index contributed by atoms with van der Waals surface area (Å²) in [7, 11) is 1.14. The number of hydrogen-bond donors (Lipinski definition) is 1. The summed E-state index contributed by atoms with van der Waals surface area (Å²) in [5.41, 5.74) is -0.125. The number of benzene rings is 1. The Morgan fingerprint density at radius 1 is 1.67 bits per heavy atom. The van der Waals surface area contributed by atoms with Crippen molar-refractivity contribution in [3.05, 3.63) is 34.6 Å². The van der Waals surface area contributed by atoms with Gasteiger partial charge in [-0.25, -0.2) is 9.18 Å². The van der Waals surface area contributed by atoms with Crippen LogP contribution in [0.3, 0.4) is 0 Å². The highest BCUT2D eigenvalue weighted by atomic mass is 19.1. The van der Waals surface area contributed by atoms with E-state index in [2.05, 4.69) is 4.74 Å². The van der Waals surface area contributed by atoms with Crippen molar-refractivity contribution in [3.8, 4) is 6.07 Å². The predicted molar refractivity (Wildman–Crippen MR) is 48.4 cm³/mol. The first-order chi connectivity index (χ1) is 7.13. The van der Waals surface area contributed by atoms with Crippen LogP contribution in [0.4, 0.5) is 4.39 Å². The van der Waals surface area contributed by atoms with Gasteiger partial charge >= 0.3 is 5.97 Å². The number of carbonyl (C=O) groups excluding carboxylic acids is 1. The van der Waals surface area contributed by atoms with E-state index in [-0.39, 0.29) is 16.7 Å². The standard InChI is InChI=1S/C10H8FNO3/c1-15-10(14)8-3-7(11)2-6(4-12)9(8)5-13/h2-3,13H,5H2,1H3. The number of aliphatic hydroxyl groups is 1. The van der Waals surface area contributed by atoms with Gasteiger partial charge in [0.15, 0.2) is 0 Å². The molecule has 0 amide bonds. The lowest BCUT2D eigenvalue weighted by Gasteiger charge is -2.07. The third-order valence-corrected chi connectivity index (χ3v) is 1.90. The molecule has 0 unspecified atom stereocenters. The van der Waals surface area contributed by atoms with Crippen LogP contribution in [0.5, 0.6) is 0 Å². The summed E-state index contributed by atoms with van der Waals surface area (Å²) in [6, 6.07) is 3.58. The Morgan fingerprint density at radius 2 is 2.33 bits per heavy atom. The lowest BCUT2D eigenvalue weighted by atomic mass is 10.0. The van der Waals surface area contributed by atoms with Gasteiger partial charge in [0.1, 0.15) is 5.82 Å². The van der Waals surface area contributed by atoms with Crippen LogP contribution in [0.15, 0.2) is 12.1 Å². The second-order valence-electron chi connectivity index (χ2n) is 2.74. The first-order valence-corrected chi connectivity index (χ1v) is 4.05. The van der Waals surface area contributed by atoms with Gasteiger partial charge in [0.05, 0.1) is 30.9 Å². The number of hydrogen-bond acceptors (Lipinski definition) is 4. The van der Waals surface area contributed by atoms with Crippen LogP contribution >= 0.6 is 0 Å². The Balaban J connectivity index is 3.43. The van der Waals surface area contributed by atoms with Crippen molar-refractivity contribution >= 4 is 5.97 Å². The van der Waals surface area contributed by atoms with E-state index in [0.717, 1.165) is 19.2 Å². The lowest BCUT2D eigenvalue weighted by molar-refractivity contribution is 0.0596. The Kier molecular flexibility index (Phi) is 3.37. The van der Waals surface area contributed by atoms with Crippen molar-refractivity contribution < 1.29 is 19.0 Å². The summed E-state index contributed by atoms with van der Waals surface area (Å²) >= 11 is 0. The van der Waals surface area contributed by atoms with Gasteiger partial charge in [-0.1, -0.05) is 0 Å². The Bertz CT molecular complexity index is 437. The molecule has 1 aromatic carbocycles. The zero-order valence-corrected chi connectivity index (χ0v) is 7.95. The van der Waals surface area contributed by atoms with Crippen LogP contribution in [0.1, 0.15) is 21.5 Å². The highest BCUT2D eigenvalue weighted by Crippen LogP contribution is 2.17. The number of nitrogens with zero attached hydrogens (tertiary/aromatic N) is 1. The van der Waals surface area contributed by atoms with E-state index in [9.17, 15) is 9.18 Å². The fourth-order valence-corrected chi connectivity index (χ4v) is 1.20. The molecule has 78 valence electrons. The molecule has 0 saturated carbocycles. The Hall–Kier alpha value is -1.93. The molecule has 0 bridgehead atoms. The fraction of sp³-hybridized carbons (Fsp3) is 0.200. The number of carbonyl (C=O) groups is 1. The molecule has 1 N–H and O–H groups in total. The van der Waals surface area contributed by atoms with Crippen molar-refractivity contribution in [2.75, 3.05) is 7.11 Å². The molecule has 0 radical (unpaired) electrons. The second kappa shape index (κ2) is 4.53. The maximum Gasteiger partial charge on any atom is 0.338 e. The van der Waals surface area contributed by atoms with Gasteiger partial charge in [-0.05, 0) is 12.1 Å². The van der Waals surface area contributed by atoms with Crippen LogP contribution in [-0.4, -0.2) is 18.2 Å². The normalized spacial score (nSPS) is 9.47. The number of halogens is 1. The summed E-state index contributed by atoms with van der Waals surface area (Å²) in [5.74, 6) is -1.50. The minimum absolute atomic E-state index is 0.0714. The van der Waals surface area contributed by atoms with Crippen molar-refractivity contribution in [2.24, 2.45) is 0 Å². The van der Waals surface area contributed by atoms with E-state index in [1.54, 1.807) is 6.07 Å². The number of esters is 1. The van der Waals surface area contributed by atoms with Crippen LogP contribution < -0.4 is 0 Å². The summed E-state index contributed by atoms with van der Waals surface area (Å²) in [6.07, 6.45) is 0. The van der Waals surface area contributed by atoms with Gasteiger partial charge in [-0.2, -0.15) is 5.26 Å². The van der Waals surface area contributed by atoms with Crippen LogP contribution in [0.25, 0.3) is 0 Å². The molecule has 0 spiro atoms. The SMILES string of the molecule is COC(=O)c1cc(F)cc(C#N)c1CO. The molecule has 0 aromatic heterocycles. The van der Waals surface area contributed by atoms with E-state index in [1.165, 1.54) is 0 Å². The van der Waals surface area contributed by atoms with Crippen molar-refractivity contribution in [1.29, 1.82) is 5.26 Å². The maximum absolute atomic E-state index is 13.0. The second-order valence-corrected chi connectivity index (χ2v) is 2.74. The van der Waals surface area contributed by atoms with Crippen molar-refractivity contribution in [1.82, 2.24) is 0 Å².